The zero-order chi connectivity index (χ0) is 9.03. The van der Waals surface area contributed by atoms with Gasteiger partial charge in [-0.3, -0.25) is 4.90 Å². The number of likely N-dealkylation sites (N-methyl/N-ethyl adjacent to an activating group) is 1. The lowest BCUT2D eigenvalue weighted by atomic mass is 9.75. The zero-order valence-electron chi connectivity index (χ0n) is 8.18. The van der Waals surface area contributed by atoms with E-state index < -0.39 is 0 Å². The van der Waals surface area contributed by atoms with E-state index in [4.69, 9.17) is 10.5 Å². The summed E-state index contributed by atoms with van der Waals surface area (Å²) in [7, 11) is 3.88. The first-order valence-corrected chi connectivity index (χ1v) is 4.65. The maximum Gasteiger partial charge on any atom is 0.0589 e. The van der Waals surface area contributed by atoms with Crippen LogP contribution in [-0.4, -0.2) is 44.3 Å². The Balaban J connectivity index is 2.32. The third-order valence-electron chi connectivity index (χ3n) is 3.10. The van der Waals surface area contributed by atoms with Gasteiger partial charge in [-0.2, -0.15) is 0 Å². The highest BCUT2D eigenvalue weighted by molar-refractivity contribution is 4.97. The van der Waals surface area contributed by atoms with Gasteiger partial charge in [0.1, 0.15) is 0 Å². The van der Waals surface area contributed by atoms with Crippen molar-refractivity contribution in [2.75, 3.05) is 33.9 Å². The van der Waals surface area contributed by atoms with Crippen LogP contribution in [0, 0.1) is 0 Å². The molecule has 1 rings (SSSR count). The number of hydrogen-bond donors (Lipinski definition) is 1. The number of hydrogen-bond acceptors (Lipinski definition) is 3. The standard InChI is InChI=1S/C9H20N2O/c1-11(6-7-12-2)9(8-10)4-3-5-9/h3-8,10H2,1-2H3. The Labute approximate surface area is 74.9 Å². The highest BCUT2D eigenvalue weighted by Gasteiger charge is 2.38. The molecule has 1 aliphatic rings. The number of rotatable bonds is 5. The van der Waals surface area contributed by atoms with E-state index in [1.165, 1.54) is 19.3 Å². The van der Waals surface area contributed by atoms with Gasteiger partial charge in [-0.05, 0) is 26.3 Å². The molecule has 0 amide bonds. The second-order valence-electron chi connectivity index (χ2n) is 3.70. The smallest absolute Gasteiger partial charge is 0.0589 e. The molecule has 0 aromatic carbocycles. The van der Waals surface area contributed by atoms with Crippen molar-refractivity contribution in [1.29, 1.82) is 0 Å². The summed E-state index contributed by atoms with van der Waals surface area (Å²) in [5, 5.41) is 0. The Morgan fingerprint density at radius 2 is 2.17 bits per heavy atom. The Bertz CT molecular complexity index is 129. The molecule has 0 heterocycles. The molecule has 3 heteroatoms. The number of methoxy groups -OCH3 is 1. The summed E-state index contributed by atoms with van der Waals surface area (Å²) in [6, 6.07) is 0. The van der Waals surface area contributed by atoms with Crippen LogP contribution in [0.15, 0.2) is 0 Å². The molecular weight excluding hydrogens is 152 g/mol. The summed E-state index contributed by atoms with van der Waals surface area (Å²) in [6.07, 6.45) is 3.84. The van der Waals surface area contributed by atoms with E-state index in [1.54, 1.807) is 7.11 Å². The first-order chi connectivity index (χ1) is 5.75. The van der Waals surface area contributed by atoms with Crippen LogP contribution in [0.25, 0.3) is 0 Å². The van der Waals surface area contributed by atoms with E-state index in [0.29, 0.717) is 5.54 Å². The second-order valence-corrected chi connectivity index (χ2v) is 3.70. The summed E-state index contributed by atoms with van der Waals surface area (Å²) in [4.78, 5) is 2.35. The van der Waals surface area contributed by atoms with Gasteiger partial charge >= 0.3 is 0 Å². The van der Waals surface area contributed by atoms with Crippen molar-refractivity contribution < 1.29 is 4.74 Å². The van der Waals surface area contributed by atoms with Gasteiger partial charge in [-0.1, -0.05) is 0 Å². The largest absolute Gasteiger partial charge is 0.383 e. The minimum Gasteiger partial charge on any atom is -0.383 e. The van der Waals surface area contributed by atoms with Gasteiger partial charge in [-0.15, -0.1) is 0 Å². The molecular formula is C9H20N2O. The molecule has 1 aliphatic carbocycles. The monoisotopic (exact) mass is 172 g/mol. The normalized spacial score (nSPS) is 21.0. The number of ether oxygens (including phenoxy) is 1. The summed E-state index contributed by atoms with van der Waals surface area (Å²) in [6.45, 7) is 2.58. The van der Waals surface area contributed by atoms with E-state index in [-0.39, 0.29) is 0 Å². The van der Waals surface area contributed by atoms with Crippen LogP contribution in [0.4, 0.5) is 0 Å². The average Bonchev–Trinajstić information content (AvgIpc) is 2.00. The molecule has 1 fully saturated rings. The predicted molar refractivity (Wildman–Crippen MR) is 50.1 cm³/mol. The Hall–Kier alpha value is -0.120. The summed E-state index contributed by atoms with van der Waals surface area (Å²) >= 11 is 0. The molecule has 0 bridgehead atoms. The molecule has 0 radical (unpaired) electrons. The van der Waals surface area contributed by atoms with E-state index >= 15 is 0 Å². The Morgan fingerprint density at radius 3 is 2.50 bits per heavy atom. The summed E-state index contributed by atoms with van der Waals surface area (Å²) in [5.41, 5.74) is 6.06. The van der Waals surface area contributed by atoms with Crippen LogP contribution in [0.1, 0.15) is 19.3 Å². The Morgan fingerprint density at radius 1 is 1.50 bits per heavy atom. The fraction of sp³-hybridized carbons (Fsp3) is 1.00. The summed E-state index contributed by atoms with van der Waals surface area (Å²) in [5.74, 6) is 0. The second kappa shape index (κ2) is 4.21. The topological polar surface area (TPSA) is 38.5 Å². The van der Waals surface area contributed by atoms with E-state index in [0.717, 1.165) is 19.7 Å². The third-order valence-corrected chi connectivity index (χ3v) is 3.10. The minimum absolute atomic E-state index is 0.304. The molecule has 0 unspecified atom stereocenters. The van der Waals surface area contributed by atoms with Crippen molar-refractivity contribution in [3.05, 3.63) is 0 Å². The molecule has 0 atom stereocenters. The SMILES string of the molecule is COCCN(C)C1(CN)CCC1. The van der Waals surface area contributed by atoms with Crippen molar-refractivity contribution in [1.82, 2.24) is 4.90 Å². The zero-order valence-corrected chi connectivity index (χ0v) is 8.18. The van der Waals surface area contributed by atoms with Crippen LogP contribution in [0.2, 0.25) is 0 Å². The fourth-order valence-corrected chi connectivity index (χ4v) is 1.79. The molecule has 72 valence electrons. The molecule has 1 saturated carbocycles. The molecule has 3 nitrogen and oxygen atoms in total. The lowest BCUT2D eigenvalue weighted by Gasteiger charge is -2.48. The van der Waals surface area contributed by atoms with Gasteiger partial charge in [0.15, 0.2) is 0 Å². The number of nitrogens with zero attached hydrogens (tertiary/aromatic N) is 1. The first kappa shape index (κ1) is 9.96. The highest BCUT2D eigenvalue weighted by atomic mass is 16.5. The maximum absolute atomic E-state index is 5.76. The van der Waals surface area contributed by atoms with Gasteiger partial charge in [0, 0.05) is 25.7 Å². The van der Waals surface area contributed by atoms with Crippen LogP contribution in [0.5, 0.6) is 0 Å². The lowest BCUT2D eigenvalue weighted by molar-refractivity contribution is 0.0265. The van der Waals surface area contributed by atoms with Gasteiger partial charge in [0.05, 0.1) is 6.61 Å². The molecule has 0 saturated heterocycles. The fourth-order valence-electron chi connectivity index (χ4n) is 1.79. The lowest BCUT2D eigenvalue weighted by Crippen LogP contribution is -2.57. The molecule has 12 heavy (non-hydrogen) atoms. The summed E-state index contributed by atoms with van der Waals surface area (Å²) < 4.78 is 5.04. The first-order valence-electron chi connectivity index (χ1n) is 4.65. The van der Waals surface area contributed by atoms with E-state index in [9.17, 15) is 0 Å². The molecule has 0 spiro atoms. The third kappa shape index (κ3) is 1.79. The van der Waals surface area contributed by atoms with Crippen molar-refractivity contribution in [3.8, 4) is 0 Å². The van der Waals surface area contributed by atoms with Crippen LogP contribution < -0.4 is 5.73 Å². The maximum atomic E-state index is 5.76. The van der Waals surface area contributed by atoms with Crippen molar-refractivity contribution in [2.24, 2.45) is 5.73 Å². The van der Waals surface area contributed by atoms with Crippen molar-refractivity contribution >= 4 is 0 Å². The predicted octanol–water partition coefficient (Wildman–Crippen LogP) is 0.446. The van der Waals surface area contributed by atoms with Gasteiger partial charge in [0.25, 0.3) is 0 Å². The molecule has 2 N–H and O–H groups in total. The van der Waals surface area contributed by atoms with Crippen LogP contribution in [-0.2, 0) is 4.74 Å². The minimum atomic E-state index is 0.304. The van der Waals surface area contributed by atoms with Crippen LogP contribution >= 0.6 is 0 Å². The van der Waals surface area contributed by atoms with Crippen molar-refractivity contribution in [2.45, 2.75) is 24.8 Å². The van der Waals surface area contributed by atoms with E-state index in [1.807, 2.05) is 0 Å². The quantitative estimate of drug-likeness (QED) is 0.654. The van der Waals surface area contributed by atoms with Crippen molar-refractivity contribution in [3.63, 3.8) is 0 Å². The van der Waals surface area contributed by atoms with Crippen LogP contribution in [0.3, 0.4) is 0 Å². The average molecular weight is 172 g/mol. The molecule has 0 aromatic rings. The molecule has 0 aliphatic heterocycles. The van der Waals surface area contributed by atoms with Gasteiger partial charge in [0.2, 0.25) is 0 Å². The van der Waals surface area contributed by atoms with Gasteiger partial charge < -0.3 is 10.5 Å². The Kier molecular flexibility index (Phi) is 3.50. The number of nitrogens with two attached hydrogens (primary N) is 1. The molecule has 0 aromatic heterocycles. The van der Waals surface area contributed by atoms with E-state index in [2.05, 4.69) is 11.9 Å². The highest BCUT2D eigenvalue weighted by Crippen LogP contribution is 2.35. The van der Waals surface area contributed by atoms with Gasteiger partial charge in [-0.25, -0.2) is 0 Å².